The molecule has 0 saturated carbocycles. The molecule has 0 atom stereocenters. The van der Waals surface area contributed by atoms with Crippen LogP contribution in [0.3, 0.4) is 0 Å². The Balaban J connectivity index is 0.000000290. The number of hydrogen-bond donors (Lipinski definition) is 2. The van der Waals surface area contributed by atoms with Crippen molar-refractivity contribution < 1.29 is 29.4 Å². The van der Waals surface area contributed by atoms with Crippen molar-refractivity contribution in [1.82, 2.24) is 19.6 Å². The number of carbonyl (C=O) groups excluding carboxylic acids is 2. The van der Waals surface area contributed by atoms with Gasteiger partial charge >= 0.3 is 11.9 Å². The van der Waals surface area contributed by atoms with Crippen molar-refractivity contribution in [3.63, 3.8) is 0 Å². The van der Waals surface area contributed by atoms with Gasteiger partial charge < -0.3 is 20.0 Å². The molecule has 0 unspecified atom stereocenters. The average molecular weight is 745 g/mol. The van der Waals surface area contributed by atoms with Gasteiger partial charge in [0.25, 0.3) is 0 Å². The summed E-state index contributed by atoms with van der Waals surface area (Å²) >= 11 is 0. The summed E-state index contributed by atoms with van der Waals surface area (Å²) in [6.45, 7) is 12.4. The number of amides is 2. The van der Waals surface area contributed by atoms with Crippen LogP contribution in [0.4, 0.5) is 0 Å². The Morgan fingerprint density at radius 3 is 1.15 bits per heavy atom. The molecule has 296 valence electrons. The lowest BCUT2D eigenvalue weighted by molar-refractivity contribution is -0.128. The highest BCUT2D eigenvalue weighted by atomic mass is 16.4. The van der Waals surface area contributed by atoms with Crippen LogP contribution in [-0.2, 0) is 22.7 Å². The normalized spacial score (nSPS) is 15.4. The number of carbonyl (C=O) groups is 4. The van der Waals surface area contributed by atoms with E-state index in [0.29, 0.717) is 11.1 Å². The number of carboxylic acid groups (broad SMARTS) is 2. The van der Waals surface area contributed by atoms with Gasteiger partial charge in [0.2, 0.25) is 11.8 Å². The standard InChI is InChI=1S/2C22H32N2O3/c2*1-2-3-4-5-6-7-8-9-21(25)24-16-14-23(15-17-24)18-19-10-12-20(13-11-19)22(26)27/h2*8-13H,2-7,14-18H2,1H3,(H,26,27)/b2*9-8+. The number of piperazine rings is 2. The molecule has 2 N–H and O–H groups in total. The zero-order chi connectivity index (χ0) is 39.0. The van der Waals surface area contributed by atoms with Crippen LogP contribution in [0, 0.1) is 0 Å². The minimum absolute atomic E-state index is 0.119. The molecule has 0 radical (unpaired) electrons. The Bertz CT molecular complexity index is 1350. The van der Waals surface area contributed by atoms with E-state index in [-0.39, 0.29) is 11.8 Å². The molecular weight excluding hydrogens is 681 g/mol. The predicted molar refractivity (Wildman–Crippen MR) is 216 cm³/mol. The van der Waals surface area contributed by atoms with Gasteiger partial charge in [-0.05, 0) is 73.2 Å². The summed E-state index contributed by atoms with van der Waals surface area (Å²) in [6, 6.07) is 14.0. The SMILES string of the molecule is CCCCCCC/C=C/C(=O)N1CCN(Cc2ccc(C(=O)O)cc2)CC1.CCCCCCC/C=C/C(=O)N1CCN(Cc2ccc(C(=O)O)cc2)CC1. The van der Waals surface area contributed by atoms with Gasteiger partial charge in [0.05, 0.1) is 11.1 Å². The smallest absolute Gasteiger partial charge is 0.335 e. The molecule has 10 heteroatoms. The average Bonchev–Trinajstić information content (AvgIpc) is 3.18. The molecule has 2 fully saturated rings. The van der Waals surface area contributed by atoms with Crippen LogP contribution in [-0.4, -0.2) is 106 Å². The summed E-state index contributed by atoms with van der Waals surface area (Å²) in [5.74, 6) is -1.56. The van der Waals surface area contributed by atoms with Crippen LogP contribution in [0.1, 0.15) is 123 Å². The fraction of sp³-hybridized carbons (Fsp3) is 0.545. The monoisotopic (exact) mass is 744 g/mol. The van der Waals surface area contributed by atoms with Gasteiger partial charge in [-0.15, -0.1) is 0 Å². The Kier molecular flexibility index (Phi) is 21.0. The Labute approximate surface area is 323 Å². The molecule has 2 saturated heterocycles. The highest BCUT2D eigenvalue weighted by Crippen LogP contribution is 2.13. The lowest BCUT2D eigenvalue weighted by atomic mass is 10.1. The first-order valence-electron chi connectivity index (χ1n) is 20.2. The van der Waals surface area contributed by atoms with Crippen LogP contribution in [0.5, 0.6) is 0 Å². The molecule has 2 heterocycles. The quantitative estimate of drug-likeness (QED) is 0.104. The largest absolute Gasteiger partial charge is 0.478 e. The highest BCUT2D eigenvalue weighted by Gasteiger charge is 2.21. The van der Waals surface area contributed by atoms with E-state index in [4.69, 9.17) is 10.2 Å². The summed E-state index contributed by atoms with van der Waals surface area (Å²) in [5.41, 5.74) is 2.82. The van der Waals surface area contributed by atoms with Gasteiger partial charge in [-0.25, -0.2) is 9.59 Å². The molecule has 10 nitrogen and oxygen atoms in total. The van der Waals surface area contributed by atoms with E-state index >= 15 is 0 Å². The van der Waals surface area contributed by atoms with E-state index in [1.165, 1.54) is 51.4 Å². The third kappa shape index (κ3) is 17.2. The maximum atomic E-state index is 12.3. The molecule has 0 bridgehead atoms. The molecule has 2 aliphatic heterocycles. The topological polar surface area (TPSA) is 122 Å². The number of allylic oxidation sites excluding steroid dienone is 2. The van der Waals surface area contributed by atoms with Crippen molar-refractivity contribution in [3.05, 3.63) is 95.1 Å². The summed E-state index contributed by atoms with van der Waals surface area (Å²) in [5, 5.41) is 17.9. The second kappa shape index (κ2) is 25.7. The second-order valence-electron chi connectivity index (χ2n) is 14.4. The number of nitrogens with zero attached hydrogens (tertiary/aromatic N) is 4. The van der Waals surface area contributed by atoms with E-state index in [1.54, 1.807) is 36.4 Å². The second-order valence-corrected chi connectivity index (χ2v) is 14.4. The third-order valence-electron chi connectivity index (χ3n) is 10.1. The molecule has 2 aliphatic rings. The lowest BCUT2D eigenvalue weighted by Gasteiger charge is -2.34. The highest BCUT2D eigenvalue weighted by molar-refractivity contribution is 5.89. The summed E-state index contributed by atoms with van der Waals surface area (Å²) in [4.78, 5) is 54.8. The zero-order valence-corrected chi connectivity index (χ0v) is 32.8. The minimum Gasteiger partial charge on any atom is -0.478 e. The first-order chi connectivity index (χ1) is 26.2. The van der Waals surface area contributed by atoms with Gasteiger partial charge in [0, 0.05) is 65.4 Å². The number of rotatable bonds is 20. The van der Waals surface area contributed by atoms with Crippen LogP contribution in [0.25, 0.3) is 0 Å². The molecular formula is C44H64N4O6. The maximum Gasteiger partial charge on any atom is 0.335 e. The number of hydrogen-bond acceptors (Lipinski definition) is 6. The van der Waals surface area contributed by atoms with E-state index < -0.39 is 11.9 Å². The van der Waals surface area contributed by atoms with Crippen molar-refractivity contribution in [2.75, 3.05) is 52.4 Å². The van der Waals surface area contributed by atoms with Gasteiger partial charge in [0.1, 0.15) is 0 Å². The molecule has 0 aromatic heterocycles. The van der Waals surface area contributed by atoms with Crippen molar-refractivity contribution >= 4 is 23.8 Å². The van der Waals surface area contributed by atoms with E-state index in [0.717, 1.165) is 102 Å². The van der Waals surface area contributed by atoms with Crippen LogP contribution in [0.2, 0.25) is 0 Å². The van der Waals surface area contributed by atoms with E-state index in [9.17, 15) is 19.2 Å². The van der Waals surface area contributed by atoms with Crippen LogP contribution >= 0.6 is 0 Å². The molecule has 54 heavy (non-hydrogen) atoms. The fourth-order valence-electron chi connectivity index (χ4n) is 6.59. The summed E-state index contributed by atoms with van der Waals surface area (Å²) in [6.07, 6.45) is 22.0. The maximum absolute atomic E-state index is 12.3. The lowest BCUT2D eigenvalue weighted by Crippen LogP contribution is -2.47. The molecule has 0 spiro atoms. The Morgan fingerprint density at radius 1 is 0.500 bits per heavy atom. The number of aromatic carboxylic acids is 2. The zero-order valence-electron chi connectivity index (χ0n) is 32.8. The Morgan fingerprint density at radius 2 is 0.833 bits per heavy atom. The number of benzene rings is 2. The predicted octanol–water partition coefficient (Wildman–Crippen LogP) is 7.89. The number of unbranched alkanes of at least 4 members (excludes halogenated alkanes) is 10. The van der Waals surface area contributed by atoms with Gasteiger partial charge in [-0.1, -0.05) is 102 Å². The van der Waals surface area contributed by atoms with Gasteiger partial charge in [-0.2, -0.15) is 0 Å². The molecule has 4 rings (SSSR count). The van der Waals surface area contributed by atoms with Crippen molar-refractivity contribution in [2.24, 2.45) is 0 Å². The van der Waals surface area contributed by atoms with Crippen molar-refractivity contribution in [2.45, 2.75) is 104 Å². The van der Waals surface area contributed by atoms with Crippen LogP contribution in [0.15, 0.2) is 72.8 Å². The van der Waals surface area contributed by atoms with E-state index in [1.807, 2.05) is 46.2 Å². The fourth-order valence-corrected chi connectivity index (χ4v) is 6.59. The summed E-state index contributed by atoms with van der Waals surface area (Å²) in [7, 11) is 0. The third-order valence-corrected chi connectivity index (χ3v) is 10.1. The van der Waals surface area contributed by atoms with Gasteiger partial charge in [-0.3, -0.25) is 19.4 Å². The summed E-state index contributed by atoms with van der Waals surface area (Å²) < 4.78 is 0. The van der Waals surface area contributed by atoms with E-state index in [2.05, 4.69) is 23.6 Å². The molecule has 2 aromatic carbocycles. The van der Waals surface area contributed by atoms with Crippen molar-refractivity contribution in [1.29, 1.82) is 0 Å². The first kappa shape index (κ1) is 44.1. The number of carboxylic acids is 2. The van der Waals surface area contributed by atoms with Crippen LogP contribution < -0.4 is 0 Å². The molecule has 0 aliphatic carbocycles. The first-order valence-corrected chi connectivity index (χ1v) is 20.2. The minimum atomic E-state index is -0.900. The molecule has 2 amide bonds. The van der Waals surface area contributed by atoms with Gasteiger partial charge in [0.15, 0.2) is 0 Å². The Hall–Kier alpha value is -4.28. The molecule has 2 aromatic rings. The van der Waals surface area contributed by atoms with Crippen molar-refractivity contribution in [3.8, 4) is 0 Å².